The molecule has 0 amide bonds. The second kappa shape index (κ2) is 5.96. The largest absolute Gasteiger partial charge is 0.305 e. The number of thiophene rings is 1. The number of nitrogens with one attached hydrogen (secondary N) is 1. The summed E-state index contributed by atoms with van der Waals surface area (Å²) in [5, 5.41) is 6.18. The molecule has 0 saturated heterocycles. The number of hydrogen-bond acceptors (Lipinski definition) is 2. The molecule has 102 valence electrons. The fraction of sp³-hybridized carbons (Fsp3) is 0.176. The fourth-order valence-electron chi connectivity index (χ4n) is 2.37. The van der Waals surface area contributed by atoms with Crippen molar-refractivity contribution in [1.29, 1.82) is 0 Å². The Bertz CT molecular complexity index is 714. The monoisotopic (exact) mass is 301 g/mol. The Morgan fingerprint density at radius 2 is 1.85 bits per heavy atom. The number of rotatable bonds is 4. The average molecular weight is 302 g/mol. The number of hydrogen-bond donors (Lipinski definition) is 1. The Morgan fingerprint density at radius 3 is 2.65 bits per heavy atom. The van der Waals surface area contributed by atoms with Gasteiger partial charge in [-0.05, 0) is 35.4 Å². The zero-order chi connectivity index (χ0) is 13.9. The van der Waals surface area contributed by atoms with Gasteiger partial charge in [-0.15, -0.1) is 11.3 Å². The van der Waals surface area contributed by atoms with Crippen molar-refractivity contribution >= 4 is 33.7 Å². The first-order valence-electron chi connectivity index (χ1n) is 6.69. The molecule has 0 aliphatic rings. The smallest absolute Gasteiger partial charge is 0.0931 e. The lowest BCUT2D eigenvalue weighted by molar-refractivity contribution is 0.585. The molecule has 20 heavy (non-hydrogen) atoms. The second-order valence-corrected chi connectivity index (χ2v) is 6.63. The summed E-state index contributed by atoms with van der Waals surface area (Å²) in [5.41, 5.74) is 1.33. The first-order valence-corrected chi connectivity index (χ1v) is 7.89. The van der Waals surface area contributed by atoms with E-state index in [0.717, 1.165) is 10.9 Å². The fourth-order valence-corrected chi connectivity index (χ4v) is 3.46. The first kappa shape index (κ1) is 13.6. The lowest BCUT2D eigenvalue weighted by atomic mass is 10.0. The van der Waals surface area contributed by atoms with Crippen LogP contribution in [0.25, 0.3) is 10.8 Å². The standard InChI is InChI=1S/C17H16ClNS/c1-12(16-9-10-17(18)20-16)19-11-14-7-4-6-13-5-2-3-8-15(13)14/h2-10,12,19H,11H2,1H3. The highest BCUT2D eigenvalue weighted by Crippen LogP contribution is 2.27. The molecule has 3 heteroatoms. The lowest BCUT2D eigenvalue weighted by Gasteiger charge is -2.13. The van der Waals surface area contributed by atoms with Gasteiger partial charge in [0.05, 0.1) is 4.34 Å². The summed E-state index contributed by atoms with van der Waals surface area (Å²) < 4.78 is 0.846. The maximum absolute atomic E-state index is 5.99. The summed E-state index contributed by atoms with van der Waals surface area (Å²) >= 11 is 7.63. The molecule has 2 aromatic carbocycles. The van der Waals surface area contributed by atoms with Gasteiger partial charge in [-0.1, -0.05) is 54.1 Å². The van der Waals surface area contributed by atoms with E-state index in [1.807, 2.05) is 6.07 Å². The first-order chi connectivity index (χ1) is 9.74. The zero-order valence-electron chi connectivity index (χ0n) is 11.3. The van der Waals surface area contributed by atoms with E-state index in [4.69, 9.17) is 11.6 Å². The molecule has 0 bridgehead atoms. The van der Waals surface area contributed by atoms with E-state index in [-0.39, 0.29) is 0 Å². The Balaban J connectivity index is 1.77. The molecule has 1 unspecified atom stereocenters. The molecule has 1 aromatic heterocycles. The van der Waals surface area contributed by atoms with E-state index in [1.165, 1.54) is 21.2 Å². The predicted molar refractivity (Wildman–Crippen MR) is 88.5 cm³/mol. The van der Waals surface area contributed by atoms with E-state index in [9.17, 15) is 0 Å². The summed E-state index contributed by atoms with van der Waals surface area (Å²) in [6, 6.07) is 19.3. The molecule has 3 rings (SSSR count). The van der Waals surface area contributed by atoms with Gasteiger partial charge in [0, 0.05) is 17.5 Å². The van der Waals surface area contributed by atoms with Crippen LogP contribution in [0.3, 0.4) is 0 Å². The molecular formula is C17H16ClNS. The Kier molecular flexibility index (Phi) is 4.06. The van der Waals surface area contributed by atoms with Crippen LogP contribution in [0.15, 0.2) is 54.6 Å². The Labute approximate surface area is 128 Å². The van der Waals surface area contributed by atoms with Crippen molar-refractivity contribution in [2.75, 3.05) is 0 Å². The van der Waals surface area contributed by atoms with E-state index in [1.54, 1.807) is 11.3 Å². The van der Waals surface area contributed by atoms with Crippen LogP contribution in [0.1, 0.15) is 23.4 Å². The summed E-state index contributed by atoms with van der Waals surface area (Å²) in [7, 11) is 0. The third-order valence-electron chi connectivity index (χ3n) is 3.50. The summed E-state index contributed by atoms with van der Waals surface area (Å²) in [6.45, 7) is 3.03. The highest BCUT2D eigenvalue weighted by atomic mass is 35.5. The van der Waals surface area contributed by atoms with Gasteiger partial charge >= 0.3 is 0 Å². The van der Waals surface area contributed by atoms with Crippen LogP contribution in [0.2, 0.25) is 4.34 Å². The lowest BCUT2D eigenvalue weighted by Crippen LogP contribution is -2.17. The van der Waals surface area contributed by atoms with Gasteiger partial charge < -0.3 is 5.32 Å². The minimum atomic E-state index is 0.312. The van der Waals surface area contributed by atoms with E-state index in [0.29, 0.717) is 6.04 Å². The van der Waals surface area contributed by atoms with E-state index < -0.39 is 0 Å². The zero-order valence-corrected chi connectivity index (χ0v) is 12.8. The summed E-state index contributed by atoms with van der Waals surface area (Å²) in [6.07, 6.45) is 0. The highest BCUT2D eigenvalue weighted by Gasteiger charge is 2.08. The molecule has 3 aromatic rings. The minimum absolute atomic E-state index is 0.312. The van der Waals surface area contributed by atoms with Gasteiger partial charge in [0.2, 0.25) is 0 Å². The van der Waals surface area contributed by atoms with Gasteiger partial charge in [0.25, 0.3) is 0 Å². The van der Waals surface area contributed by atoms with Crippen LogP contribution in [0, 0.1) is 0 Å². The molecule has 0 fully saturated rings. The highest BCUT2D eigenvalue weighted by molar-refractivity contribution is 7.16. The molecule has 0 radical (unpaired) electrons. The van der Waals surface area contributed by atoms with Crippen molar-refractivity contribution in [1.82, 2.24) is 5.32 Å². The minimum Gasteiger partial charge on any atom is -0.305 e. The maximum atomic E-state index is 5.99. The number of benzene rings is 2. The van der Waals surface area contributed by atoms with Crippen molar-refractivity contribution in [3.05, 3.63) is 69.4 Å². The van der Waals surface area contributed by atoms with Crippen LogP contribution >= 0.6 is 22.9 Å². The molecule has 0 aliphatic heterocycles. The van der Waals surface area contributed by atoms with Crippen LogP contribution in [-0.4, -0.2) is 0 Å². The summed E-state index contributed by atoms with van der Waals surface area (Å²) in [5.74, 6) is 0. The number of halogens is 1. The van der Waals surface area contributed by atoms with Crippen molar-refractivity contribution in [2.45, 2.75) is 19.5 Å². The topological polar surface area (TPSA) is 12.0 Å². The maximum Gasteiger partial charge on any atom is 0.0931 e. The van der Waals surface area contributed by atoms with Gasteiger partial charge in [0.15, 0.2) is 0 Å². The van der Waals surface area contributed by atoms with Crippen molar-refractivity contribution < 1.29 is 0 Å². The van der Waals surface area contributed by atoms with Gasteiger partial charge in [-0.2, -0.15) is 0 Å². The quantitative estimate of drug-likeness (QED) is 0.680. The molecule has 0 saturated carbocycles. The normalized spacial score (nSPS) is 12.7. The molecular weight excluding hydrogens is 286 g/mol. The van der Waals surface area contributed by atoms with Crippen LogP contribution in [0.4, 0.5) is 0 Å². The van der Waals surface area contributed by atoms with Gasteiger partial charge in [0.1, 0.15) is 0 Å². The van der Waals surface area contributed by atoms with Gasteiger partial charge in [-0.3, -0.25) is 0 Å². The van der Waals surface area contributed by atoms with Crippen LogP contribution in [0.5, 0.6) is 0 Å². The Morgan fingerprint density at radius 1 is 1.05 bits per heavy atom. The van der Waals surface area contributed by atoms with Crippen LogP contribution < -0.4 is 5.32 Å². The third kappa shape index (κ3) is 2.88. The Hall–Kier alpha value is -1.35. The molecule has 1 nitrogen and oxygen atoms in total. The van der Waals surface area contributed by atoms with Crippen LogP contribution in [-0.2, 0) is 6.54 Å². The SMILES string of the molecule is CC(NCc1cccc2ccccc12)c1ccc(Cl)s1. The molecule has 1 heterocycles. The van der Waals surface area contributed by atoms with Crippen molar-refractivity contribution in [3.63, 3.8) is 0 Å². The molecule has 0 aliphatic carbocycles. The predicted octanol–water partition coefficient (Wildman–Crippen LogP) is 5.41. The third-order valence-corrected chi connectivity index (χ3v) is 4.91. The number of fused-ring (bicyclic) bond motifs is 1. The van der Waals surface area contributed by atoms with E-state index in [2.05, 4.69) is 60.8 Å². The summed E-state index contributed by atoms with van der Waals surface area (Å²) in [4.78, 5) is 1.27. The molecule has 0 spiro atoms. The van der Waals surface area contributed by atoms with E-state index >= 15 is 0 Å². The molecule has 1 N–H and O–H groups in total. The molecule has 1 atom stereocenters. The second-order valence-electron chi connectivity index (χ2n) is 4.88. The average Bonchev–Trinajstić information content (AvgIpc) is 2.91. The van der Waals surface area contributed by atoms with Gasteiger partial charge in [-0.25, -0.2) is 0 Å². The van der Waals surface area contributed by atoms with Crippen molar-refractivity contribution in [3.8, 4) is 0 Å². The van der Waals surface area contributed by atoms with Crippen molar-refractivity contribution in [2.24, 2.45) is 0 Å².